The number of nitrogens with one attached hydrogen (secondary N) is 1. The Balaban J connectivity index is 1.56. The smallest absolute Gasteiger partial charge is 0.242 e. The van der Waals surface area contributed by atoms with Crippen LogP contribution in [0, 0.1) is 11.8 Å². The molecule has 1 saturated heterocycles. The molecule has 25 heavy (non-hydrogen) atoms. The molecule has 3 rings (SSSR count). The third kappa shape index (κ3) is 4.38. The monoisotopic (exact) mass is 338 g/mol. The van der Waals surface area contributed by atoms with Crippen molar-refractivity contribution in [1.29, 1.82) is 0 Å². The standard InChI is InChI=1S/C21H26N2O2/c1-16(24)23-15-19(18-10-6-3-7-11-18)14-20(23)21(25)22-13-12-17-8-4-2-5-9-17/h2-10,18-20H,11-15H2,1H3,(H,22,25)/t18?,19-,20?/m0/s1. The molecular weight excluding hydrogens is 312 g/mol. The van der Waals surface area contributed by atoms with Crippen LogP contribution >= 0.6 is 0 Å². The van der Waals surface area contributed by atoms with Crippen molar-refractivity contribution in [1.82, 2.24) is 10.2 Å². The number of carbonyl (C=O) groups excluding carboxylic acids is 2. The van der Waals surface area contributed by atoms with Crippen molar-refractivity contribution in [2.75, 3.05) is 13.1 Å². The van der Waals surface area contributed by atoms with E-state index in [-0.39, 0.29) is 17.9 Å². The molecule has 132 valence electrons. The number of benzene rings is 1. The van der Waals surface area contributed by atoms with Crippen LogP contribution in [0.25, 0.3) is 0 Å². The van der Waals surface area contributed by atoms with Gasteiger partial charge < -0.3 is 10.2 Å². The van der Waals surface area contributed by atoms with Crippen LogP contribution in [0.1, 0.15) is 25.3 Å². The van der Waals surface area contributed by atoms with Crippen molar-refractivity contribution >= 4 is 11.8 Å². The van der Waals surface area contributed by atoms with E-state index in [9.17, 15) is 9.59 Å². The van der Waals surface area contributed by atoms with Gasteiger partial charge in [-0.3, -0.25) is 9.59 Å². The van der Waals surface area contributed by atoms with E-state index in [1.54, 1.807) is 11.8 Å². The van der Waals surface area contributed by atoms with Crippen molar-refractivity contribution in [2.45, 2.75) is 32.2 Å². The Morgan fingerprint density at radius 3 is 2.68 bits per heavy atom. The lowest BCUT2D eigenvalue weighted by Gasteiger charge is -2.22. The Hall–Kier alpha value is -2.36. The predicted molar refractivity (Wildman–Crippen MR) is 98.8 cm³/mol. The van der Waals surface area contributed by atoms with Crippen LogP contribution in [0.4, 0.5) is 0 Å². The van der Waals surface area contributed by atoms with Gasteiger partial charge in [-0.1, -0.05) is 54.6 Å². The summed E-state index contributed by atoms with van der Waals surface area (Å²) in [6.07, 6.45) is 11.0. The average molecular weight is 338 g/mol. The van der Waals surface area contributed by atoms with Crippen molar-refractivity contribution in [2.24, 2.45) is 11.8 Å². The minimum atomic E-state index is -0.336. The molecule has 1 fully saturated rings. The number of amides is 2. The van der Waals surface area contributed by atoms with E-state index in [4.69, 9.17) is 0 Å². The summed E-state index contributed by atoms with van der Waals surface area (Å²) >= 11 is 0. The molecule has 0 aromatic heterocycles. The van der Waals surface area contributed by atoms with Gasteiger partial charge in [0.1, 0.15) is 6.04 Å². The summed E-state index contributed by atoms with van der Waals surface area (Å²) < 4.78 is 0. The van der Waals surface area contributed by atoms with E-state index in [0.29, 0.717) is 24.9 Å². The van der Waals surface area contributed by atoms with E-state index >= 15 is 0 Å². The number of nitrogens with zero attached hydrogens (tertiary/aromatic N) is 1. The number of allylic oxidation sites excluding steroid dienone is 4. The van der Waals surface area contributed by atoms with Crippen LogP contribution in [0.15, 0.2) is 54.6 Å². The highest BCUT2D eigenvalue weighted by atomic mass is 16.2. The molecule has 3 atom stereocenters. The minimum Gasteiger partial charge on any atom is -0.354 e. The summed E-state index contributed by atoms with van der Waals surface area (Å²) in [5.74, 6) is 0.744. The Morgan fingerprint density at radius 2 is 2.00 bits per heavy atom. The SMILES string of the molecule is CC(=O)N1C[C@@H](C2C=CC=CC2)CC1C(=O)NCCc1ccccc1. The molecule has 2 amide bonds. The lowest BCUT2D eigenvalue weighted by atomic mass is 9.85. The number of likely N-dealkylation sites (tertiary alicyclic amines) is 1. The third-order valence-electron chi connectivity index (χ3n) is 5.22. The van der Waals surface area contributed by atoms with E-state index in [0.717, 1.165) is 19.3 Å². The Kier molecular flexibility index (Phi) is 5.69. The fraction of sp³-hybridized carbons (Fsp3) is 0.429. The van der Waals surface area contributed by atoms with Crippen LogP contribution in [-0.2, 0) is 16.0 Å². The molecule has 1 aromatic carbocycles. The molecular formula is C21H26N2O2. The van der Waals surface area contributed by atoms with Crippen LogP contribution in [0.5, 0.6) is 0 Å². The molecule has 1 aliphatic heterocycles. The van der Waals surface area contributed by atoms with E-state index < -0.39 is 0 Å². The molecule has 2 unspecified atom stereocenters. The van der Waals surface area contributed by atoms with Gasteiger partial charge in [-0.2, -0.15) is 0 Å². The summed E-state index contributed by atoms with van der Waals surface area (Å²) in [4.78, 5) is 26.4. The summed E-state index contributed by atoms with van der Waals surface area (Å²) in [5.41, 5.74) is 1.20. The molecule has 4 nitrogen and oxygen atoms in total. The number of hydrogen-bond acceptors (Lipinski definition) is 2. The molecule has 0 spiro atoms. The normalized spacial score (nSPS) is 25.2. The Bertz CT molecular complexity index is 666. The molecule has 1 heterocycles. The quantitative estimate of drug-likeness (QED) is 0.897. The summed E-state index contributed by atoms with van der Waals surface area (Å²) in [6.45, 7) is 2.83. The maximum Gasteiger partial charge on any atom is 0.242 e. The maximum absolute atomic E-state index is 12.6. The highest BCUT2D eigenvalue weighted by Crippen LogP contribution is 2.33. The van der Waals surface area contributed by atoms with Gasteiger partial charge in [0.2, 0.25) is 11.8 Å². The van der Waals surface area contributed by atoms with Gasteiger partial charge in [0.05, 0.1) is 0 Å². The Labute approximate surface area is 149 Å². The molecule has 0 saturated carbocycles. The number of carbonyl (C=O) groups is 2. The topological polar surface area (TPSA) is 49.4 Å². The number of hydrogen-bond donors (Lipinski definition) is 1. The van der Waals surface area contributed by atoms with E-state index in [2.05, 4.69) is 41.8 Å². The van der Waals surface area contributed by atoms with Crippen molar-refractivity contribution in [3.63, 3.8) is 0 Å². The zero-order chi connectivity index (χ0) is 17.6. The first-order valence-electron chi connectivity index (χ1n) is 9.07. The van der Waals surface area contributed by atoms with Crippen molar-refractivity contribution in [3.05, 3.63) is 60.2 Å². The van der Waals surface area contributed by atoms with E-state index in [1.165, 1.54) is 5.56 Å². The molecule has 1 aromatic rings. The zero-order valence-electron chi connectivity index (χ0n) is 14.7. The first-order chi connectivity index (χ1) is 12.1. The highest BCUT2D eigenvalue weighted by molar-refractivity contribution is 5.87. The predicted octanol–water partition coefficient (Wildman–Crippen LogP) is 2.71. The summed E-state index contributed by atoms with van der Waals surface area (Å²) in [7, 11) is 0. The third-order valence-corrected chi connectivity index (χ3v) is 5.22. The van der Waals surface area contributed by atoms with Gasteiger partial charge in [0.15, 0.2) is 0 Å². The molecule has 1 aliphatic carbocycles. The second-order valence-corrected chi connectivity index (χ2v) is 6.92. The first-order valence-corrected chi connectivity index (χ1v) is 9.07. The lowest BCUT2D eigenvalue weighted by molar-refractivity contribution is -0.136. The van der Waals surface area contributed by atoms with Crippen LogP contribution in [-0.4, -0.2) is 35.8 Å². The Morgan fingerprint density at radius 1 is 1.20 bits per heavy atom. The highest BCUT2D eigenvalue weighted by Gasteiger charge is 2.40. The van der Waals surface area contributed by atoms with Gasteiger partial charge in [-0.25, -0.2) is 0 Å². The molecule has 1 N–H and O–H groups in total. The fourth-order valence-corrected chi connectivity index (χ4v) is 3.82. The minimum absolute atomic E-state index is 0.0129. The van der Waals surface area contributed by atoms with Crippen LogP contribution in [0.2, 0.25) is 0 Å². The van der Waals surface area contributed by atoms with Crippen molar-refractivity contribution in [3.8, 4) is 0 Å². The largest absolute Gasteiger partial charge is 0.354 e. The van der Waals surface area contributed by atoms with Crippen LogP contribution < -0.4 is 5.32 Å². The average Bonchev–Trinajstić information content (AvgIpc) is 3.09. The maximum atomic E-state index is 12.6. The zero-order valence-corrected chi connectivity index (χ0v) is 14.7. The van der Waals surface area contributed by atoms with Crippen LogP contribution in [0.3, 0.4) is 0 Å². The second kappa shape index (κ2) is 8.15. The van der Waals surface area contributed by atoms with Gasteiger partial charge in [-0.15, -0.1) is 0 Å². The van der Waals surface area contributed by atoms with Gasteiger partial charge in [0.25, 0.3) is 0 Å². The molecule has 2 aliphatic rings. The molecule has 0 bridgehead atoms. The fourth-order valence-electron chi connectivity index (χ4n) is 3.82. The summed E-state index contributed by atoms with van der Waals surface area (Å²) in [6, 6.07) is 9.77. The summed E-state index contributed by atoms with van der Waals surface area (Å²) in [5, 5.41) is 3.02. The first kappa shape index (κ1) is 17.5. The van der Waals surface area contributed by atoms with Gasteiger partial charge in [0, 0.05) is 20.0 Å². The van der Waals surface area contributed by atoms with Gasteiger partial charge in [-0.05, 0) is 36.7 Å². The van der Waals surface area contributed by atoms with E-state index in [1.807, 2.05) is 18.2 Å². The lowest BCUT2D eigenvalue weighted by Crippen LogP contribution is -2.45. The molecule has 4 heteroatoms. The second-order valence-electron chi connectivity index (χ2n) is 6.92. The number of rotatable bonds is 5. The molecule has 0 radical (unpaired) electrons. The van der Waals surface area contributed by atoms with Gasteiger partial charge >= 0.3 is 0 Å². The van der Waals surface area contributed by atoms with Crippen molar-refractivity contribution < 1.29 is 9.59 Å².